The van der Waals surface area contributed by atoms with Gasteiger partial charge in [-0.3, -0.25) is 4.99 Å². The van der Waals surface area contributed by atoms with Crippen LogP contribution in [-0.2, 0) is 0 Å². The molecule has 2 heteroatoms. The summed E-state index contributed by atoms with van der Waals surface area (Å²) in [5.74, 6) is 0. The van der Waals surface area contributed by atoms with Crippen molar-refractivity contribution in [1.29, 1.82) is 0 Å². The molecule has 0 aliphatic rings. The van der Waals surface area contributed by atoms with Crippen LogP contribution in [0.2, 0.25) is 0 Å². The summed E-state index contributed by atoms with van der Waals surface area (Å²) in [5.41, 5.74) is 5.05. The topological polar surface area (TPSA) is 25.5 Å². The van der Waals surface area contributed by atoms with Crippen molar-refractivity contribution in [3.05, 3.63) is 59.8 Å². The quantitative estimate of drug-likeness (QED) is 0.563. The van der Waals surface area contributed by atoms with Crippen LogP contribution < -0.4 is 0 Å². The molecule has 0 amide bonds. The third-order valence-corrected chi connectivity index (χ3v) is 3.78. The van der Waals surface area contributed by atoms with Crippen LogP contribution in [0.1, 0.15) is 32.8 Å². The van der Waals surface area contributed by atoms with Gasteiger partial charge in [0.05, 0.1) is 5.71 Å². The average Bonchev–Trinajstić information content (AvgIpc) is 2.91. The fourth-order valence-corrected chi connectivity index (χ4v) is 2.58. The maximum absolute atomic E-state index is 6.08. The summed E-state index contributed by atoms with van der Waals surface area (Å²) in [5, 5.41) is 2.31. The van der Waals surface area contributed by atoms with Gasteiger partial charge in [0.25, 0.3) is 0 Å². The number of benzene rings is 2. The Hall–Kier alpha value is -2.35. The molecule has 0 unspecified atom stereocenters. The number of aliphatic imine (C=N–C) groups is 1. The van der Waals surface area contributed by atoms with Crippen molar-refractivity contribution in [1.82, 2.24) is 0 Å². The van der Waals surface area contributed by atoms with E-state index in [9.17, 15) is 0 Å². The average molecular weight is 277 g/mol. The minimum absolute atomic E-state index is 0.876. The smallest absolute Gasteiger partial charge is 0.144 e. The van der Waals surface area contributed by atoms with Crippen LogP contribution in [0, 0.1) is 0 Å². The standard InChI is InChI=1S/C19H19NO/c1-4-13(3)20-17(5-2)16-11-8-10-15-14-9-6-7-12-18(14)21-19(15)16/h4,6-12H,5H2,1-3H3/b13-4-,20-17+. The summed E-state index contributed by atoms with van der Waals surface area (Å²) in [7, 11) is 0. The van der Waals surface area contributed by atoms with Gasteiger partial charge in [0.15, 0.2) is 0 Å². The first-order chi connectivity index (χ1) is 10.2. The van der Waals surface area contributed by atoms with E-state index in [2.05, 4.69) is 31.2 Å². The van der Waals surface area contributed by atoms with Gasteiger partial charge < -0.3 is 4.42 Å². The van der Waals surface area contributed by atoms with E-state index in [4.69, 9.17) is 9.41 Å². The fraction of sp³-hybridized carbons (Fsp3) is 0.211. The number of fused-ring (bicyclic) bond motifs is 3. The summed E-state index contributed by atoms with van der Waals surface area (Å²) in [6.07, 6.45) is 2.90. The number of hydrogen-bond donors (Lipinski definition) is 0. The molecule has 0 aliphatic heterocycles. The van der Waals surface area contributed by atoms with Crippen LogP contribution in [0.4, 0.5) is 0 Å². The van der Waals surface area contributed by atoms with E-state index in [1.807, 2.05) is 38.1 Å². The Morgan fingerprint density at radius 3 is 2.62 bits per heavy atom. The molecular formula is C19H19NO. The number of furan rings is 1. The lowest BCUT2D eigenvalue weighted by atomic mass is 10.0. The molecule has 0 N–H and O–H groups in total. The molecule has 0 spiro atoms. The van der Waals surface area contributed by atoms with Gasteiger partial charge in [-0.15, -0.1) is 0 Å². The van der Waals surface area contributed by atoms with E-state index >= 15 is 0 Å². The zero-order chi connectivity index (χ0) is 14.8. The van der Waals surface area contributed by atoms with Crippen LogP contribution in [0.15, 0.2) is 63.6 Å². The highest BCUT2D eigenvalue weighted by Crippen LogP contribution is 2.31. The van der Waals surface area contributed by atoms with E-state index in [-0.39, 0.29) is 0 Å². The monoisotopic (exact) mass is 277 g/mol. The Balaban J connectivity index is 2.30. The molecule has 3 aromatic rings. The summed E-state index contributed by atoms with van der Waals surface area (Å²) < 4.78 is 6.08. The summed E-state index contributed by atoms with van der Waals surface area (Å²) >= 11 is 0. The highest BCUT2D eigenvalue weighted by molar-refractivity contribution is 6.15. The lowest BCUT2D eigenvalue weighted by molar-refractivity contribution is 0.668. The Morgan fingerprint density at radius 2 is 1.86 bits per heavy atom. The number of para-hydroxylation sites is 2. The Labute approximate surface area is 124 Å². The van der Waals surface area contributed by atoms with E-state index in [0.717, 1.165) is 45.3 Å². The minimum Gasteiger partial charge on any atom is -0.455 e. The molecule has 0 saturated carbocycles. The largest absolute Gasteiger partial charge is 0.455 e. The summed E-state index contributed by atoms with van der Waals surface area (Å²) in [6.45, 7) is 6.16. The number of rotatable bonds is 3. The number of allylic oxidation sites excluding steroid dienone is 2. The van der Waals surface area contributed by atoms with Gasteiger partial charge in [-0.05, 0) is 32.4 Å². The van der Waals surface area contributed by atoms with E-state index in [0.29, 0.717) is 0 Å². The molecule has 0 aliphatic carbocycles. The molecule has 1 heterocycles. The van der Waals surface area contributed by atoms with Gasteiger partial charge >= 0.3 is 0 Å². The predicted molar refractivity (Wildman–Crippen MR) is 90.0 cm³/mol. The van der Waals surface area contributed by atoms with Crippen molar-refractivity contribution in [2.45, 2.75) is 27.2 Å². The molecule has 0 fully saturated rings. The van der Waals surface area contributed by atoms with Gasteiger partial charge in [-0.25, -0.2) is 0 Å². The molecule has 0 radical (unpaired) electrons. The Morgan fingerprint density at radius 1 is 1.10 bits per heavy atom. The normalized spacial score (nSPS) is 13.3. The predicted octanol–water partition coefficient (Wildman–Crippen LogP) is 5.71. The second-order valence-corrected chi connectivity index (χ2v) is 5.12. The SMILES string of the molecule is C/C=C(C)\N=C(/CC)c1cccc2c1oc1ccccc12. The summed E-state index contributed by atoms with van der Waals surface area (Å²) in [6, 6.07) is 14.4. The summed E-state index contributed by atoms with van der Waals surface area (Å²) in [4.78, 5) is 4.72. The highest BCUT2D eigenvalue weighted by Gasteiger charge is 2.13. The minimum atomic E-state index is 0.876. The first-order valence-corrected chi connectivity index (χ1v) is 7.35. The zero-order valence-corrected chi connectivity index (χ0v) is 12.7. The second kappa shape index (κ2) is 5.57. The van der Waals surface area contributed by atoms with E-state index in [1.165, 1.54) is 0 Å². The van der Waals surface area contributed by atoms with Crippen molar-refractivity contribution in [3.8, 4) is 0 Å². The number of hydrogen-bond acceptors (Lipinski definition) is 2. The van der Waals surface area contributed by atoms with Gasteiger partial charge in [0, 0.05) is 22.0 Å². The molecule has 21 heavy (non-hydrogen) atoms. The Kier molecular flexibility index (Phi) is 3.61. The van der Waals surface area contributed by atoms with E-state index < -0.39 is 0 Å². The van der Waals surface area contributed by atoms with Gasteiger partial charge in [0.2, 0.25) is 0 Å². The fourth-order valence-electron chi connectivity index (χ4n) is 2.58. The third kappa shape index (κ3) is 2.38. The molecule has 106 valence electrons. The van der Waals surface area contributed by atoms with Crippen molar-refractivity contribution in [2.75, 3.05) is 0 Å². The van der Waals surface area contributed by atoms with Crippen molar-refractivity contribution < 1.29 is 4.42 Å². The van der Waals surface area contributed by atoms with Gasteiger partial charge in [-0.2, -0.15) is 0 Å². The van der Waals surface area contributed by atoms with Crippen LogP contribution in [0.5, 0.6) is 0 Å². The first kappa shape index (κ1) is 13.6. The lowest BCUT2D eigenvalue weighted by Gasteiger charge is -2.05. The third-order valence-electron chi connectivity index (χ3n) is 3.78. The van der Waals surface area contributed by atoms with E-state index in [1.54, 1.807) is 0 Å². The molecule has 3 rings (SSSR count). The van der Waals surface area contributed by atoms with Crippen LogP contribution >= 0.6 is 0 Å². The Bertz CT molecular complexity index is 852. The lowest BCUT2D eigenvalue weighted by Crippen LogP contribution is -1.99. The first-order valence-electron chi connectivity index (χ1n) is 7.35. The van der Waals surface area contributed by atoms with Gasteiger partial charge in [-0.1, -0.05) is 43.3 Å². The molecule has 2 nitrogen and oxygen atoms in total. The number of nitrogens with zero attached hydrogens (tertiary/aromatic N) is 1. The van der Waals surface area contributed by atoms with Crippen molar-refractivity contribution in [3.63, 3.8) is 0 Å². The molecule has 1 aromatic heterocycles. The maximum atomic E-state index is 6.08. The van der Waals surface area contributed by atoms with Crippen LogP contribution in [0.3, 0.4) is 0 Å². The van der Waals surface area contributed by atoms with Gasteiger partial charge in [0.1, 0.15) is 11.2 Å². The zero-order valence-electron chi connectivity index (χ0n) is 12.7. The highest BCUT2D eigenvalue weighted by atomic mass is 16.3. The van der Waals surface area contributed by atoms with Crippen LogP contribution in [0.25, 0.3) is 21.9 Å². The molecular weight excluding hydrogens is 258 g/mol. The molecule has 2 aromatic carbocycles. The molecule has 0 atom stereocenters. The second-order valence-electron chi connectivity index (χ2n) is 5.12. The van der Waals surface area contributed by atoms with Crippen LogP contribution in [-0.4, -0.2) is 5.71 Å². The molecule has 0 bridgehead atoms. The maximum Gasteiger partial charge on any atom is 0.144 e. The molecule has 0 saturated heterocycles. The van der Waals surface area contributed by atoms with Crippen molar-refractivity contribution >= 4 is 27.7 Å². The van der Waals surface area contributed by atoms with Crippen molar-refractivity contribution in [2.24, 2.45) is 4.99 Å².